The highest BCUT2D eigenvalue weighted by Gasteiger charge is 2.07. The molecule has 0 bridgehead atoms. The Labute approximate surface area is 79.7 Å². The van der Waals surface area contributed by atoms with Gasteiger partial charge in [0.25, 0.3) is 0 Å². The normalized spacial score (nSPS) is 10.2. The molecule has 72 valence electrons. The molecule has 0 atom stereocenters. The number of ether oxygens (including phenoxy) is 1. The Morgan fingerprint density at radius 2 is 1.77 bits per heavy atom. The first kappa shape index (κ1) is 9.90. The molecule has 0 fully saturated rings. The van der Waals surface area contributed by atoms with E-state index in [0.717, 1.165) is 17.0 Å². The largest absolute Gasteiger partial charge is 0.494 e. The van der Waals surface area contributed by atoms with Gasteiger partial charge in [-0.2, -0.15) is 0 Å². The summed E-state index contributed by atoms with van der Waals surface area (Å²) in [5.74, 6) is 0.906. The van der Waals surface area contributed by atoms with Gasteiger partial charge in [-0.1, -0.05) is 0 Å². The average molecular weight is 179 g/mol. The maximum absolute atomic E-state index is 5.84. The van der Waals surface area contributed by atoms with E-state index in [1.54, 1.807) is 0 Å². The summed E-state index contributed by atoms with van der Waals surface area (Å²) in [6.45, 7) is 8.83. The summed E-state index contributed by atoms with van der Waals surface area (Å²) in [5.41, 5.74) is 10.2. The van der Waals surface area contributed by atoms with Crippen LogP contribution >= 0.6 is 0 Å². The van der Waals surface area contributed by atoms with Crippen molar-refractivity contribution in [2.75, 3.05) is 12.3 Å². The van der Waals surface area contributed by atoms with Gasteiger partial charge in [0.1, 0.15) is 5.75 Å². The first-order valence-corrected chi connectivity index (χ1v) is 4.57. The summed E-state index contributed by atoms with van der Waals surface area (Å²) in [6, 6.07) is 1.90. The average Bonchev–Trinajstić information content (AvgIpc) is 2.11. The van der Waals surface area contributed by atoms with Gasteiger partial charge in [-0.3, -0.25) is 0 Å². The minimum absolute atomic E-state index is 0.683. The fraction of sp³-hybridized carbons (Fsp3) is 0.455. The summed E-state index contributed by atoms with van der Waals surface area (Å²) >= 11 is 0. The Morgan fingerprint density at radius 1 is 1.15 bits per heavy atom. The first-order chi connectivity index (χ1) is 6.07. The highest BCUT2D eigenvalue weighted by Crippen LogP contribution is 2.28. The molecule has 0 heterocycles. The van der Waals surface area contributed by atoms with Crippen LogP contribution in [0.15, 0.2) is 6.07 Å². The van der Waals surface area contributed by atoms with Crippen molar-refractivity contribution in [3.63, 3.8) is 0 Å². The standard InChI is InChI=1S/C11H17NO/c1-5-13-11-6-10(12)8(3)7(2)9(11)4/h6H,5,12H2,1-4H3. The van der Waals surface area contributed by atoms with Gasteiger partial charge in [0.15, 0.2) is 0 Å². The van der Waals surface area contributed by atoms with Gasteiger partial charge in [0, 0.05) is 11.8 Å². The Morgan fingerprint density at radius 3 is 2.31 bits per heavy atom. The molecule has 0 saturated carbocycles. The summed E-state index contributed by atoms with van der Waals surface area (Å²) in [7, 11) is 0. The van der Waals surface area contributed by atoms with Crippen LogP contribution in [0.4, 0.5) is 5.69 Å². The van der Waals surface area contributed by atoms with E-state index < -0.39 is 0 Å². The molecule has 0 saturated heterocycles. The zero-order valence-electron chi connectivity index (χ0n) is 8.77. The van der Waals surface area contributed by atoms with Gasteiger partial charge < -0.3 is 10.5 Å². The number of benzene rings is 1. The fourth-order valence-electron chi connectivity index (χ4n) is 1.35. The van der Waals surface area contributed by atoms with Crippen molar-refractivity contribution >= 4 is 5.69 Å². The molecule has 0 amide bonds. The van der Waals surface area contributed by atoms with Crippen LogP contribution in [0.2, 0.25) is 0 Å². The maximum atomic E-state index is 5.84. The molecule has 0 aliphatic rings. The highest BCUT2D eigenvalue weighted by atomic mass is 16.5. The van der Waals surface area contributed by atoms with Crippen LogP contribution in [0.25, 0.3) is 0 Å². The Kier molecular flexibility index (Phi) is 2.81. The Balaban J connectivity index is 3.24. The van der Waals surface area contributed by atoms with E-state index in [1.165, 1.54) is 11.1 Å². The van der Waals surface area contributed by atoms with Crippen molar-refractivity contribution in [2.24, 2.45) is 0 Å². The zero-order valence-corrected chi connectivity index (χ0v) is 8.77. The summed E-state index contributed by atoms with van der Waals surface area (Å²) in [5, 5.41) is 0. The van der Waals surface area contributed by atoms with Crippen LogP contribution in [-0.4, -0.2) is 6.61 Å². The second-order valence-corrected chi connectivity index (χ2v) is 3.27. The summed E-state index contributed by atoms with van der Waals surface area (Å²) in [6.07, 6.45) is 0. The molecule has 0 aliphatic carbocycles. The number of anilines is 1. The van der Waals surface area contributed by atoms with Crippen LogP contribution in [0.5, 0.6) is 5.75 Å². The van der Waals surface area contributed by atoms with Crippen molar-refractivity contribution in [1.29, 1.82) is 0 Å². The number of nitrogens with two attached hydrogens (primary N) is 1. The predicted molar refractivity (Wildman–Crippen MR) is 56.2 cm³/mol. The molecule has 13 heavy (non-hydrogen) atoms. The van der Waals surface area contributed by atoms with E-state index in [4.69, 9.17) is 10.5 Å². The van der Waals surface area contributed by atoms with Gasteiger partial charge >= 0.3 is 0 Å². The second kappa shape index (κ2) is 3.69. The number of hydrogen-bond acceptors (Lipinski definition) is 2. The molecular formula is C11H17NO. The van der Waals surface area contributed by atoms with Gasteiger partial charge in [-0.25, -0.2) is 0 Å². The van der Waals surface area contributed by atoms with Crippen LogP contribution in [0.1, 0.15) is 23.6 Å². The number of rotatable bonds is 2. The third kappa shape index (κ3) is 1.77. The fourth-order valence-corrected chi connectivity index (χ4v) is 1.35. The van der Waals surface area contributed by atoms with E-state index in [-0.39, 0.29) is 0 Å². The van der Waals surface area contributed by atoms with Crippen LogP contribution in [0.3, 0.4) is 0 Å². The van der Waals surface area contributed by atoms with Crippen molar-refractivity contribution in [3.8, 4) is 5.75 Å². The lowest BCUT2D eigenvalue weighted by Crippen LogP contribution is -2.00. The lowest BCUT2D eigenvalue weighted by Gasteiger charge is -2.13. The smallest absolute Gasteiger partial charge is 0.124 e. The molecule has 0 aromatic heterocycles. The molecule has 0 radical (unpaired) electrons. The molecule has 1 aromatic carbocycles. The van der Waals surface area contributed by atoms with Crippen LogP contribution in [-0.2, 0) is 0 Å². The number of nitrogen functional groups attached to an aromatic ring is 1. The quantitative estimate of drug-likeness (QED) is 0.708. The monoisotopic (exact) mass is 179 g/mol. The molecular weight excluding hydrogens is 162 g/mol. The third-order valence-electron chi connectivity index (χ3n) is 2.51. The first-order valence-electron chi connectivity index (χ1n) is 4.57. The summed E-state index contributed by atoms with van der Waals surface area (Å²) in [4.78, 5) is 0. The van der Waals surface area contributed by atoms with Gasteiger partial charge in [-0.15, -0.1) is 0 Å². The lowest BCUT2D eigenvalue weighted by atomic mass is 10.0. The van der Waals surface area contributed by atoms with E-state index >= 15 is 0 Å². The zero-order chi connectivity index (χ0) is 10.0. The van der Waals surface area contributed by atoms with Crippen molar-refractivity contribution in [1.82, 2.24) is 0 Å². The van der Waals surface area contributed by atoms with Crippen LogP contribution < -0.4 is 10.5 Å². The third-order valence-corrected chi connectivity index (χ3v) is 2.51. The van der Waals surface area contributed by atoms with Gasteiger partial charge in [0.05, 0.1) is 6.61 Å². The van der Waals surface area contributed by atoms with Crippen molar-refractivity contribution in [3.05, 3.63) is 22.8 Å². The van der Waals surface area contributed by atoms with E-state index in [9.17, 15) is 0 Å². The van der Waals surface area contributed by atoms with Crippen molar-refractivity contribution in [2.45, 2.75) is 27.7 Å². The minimum atomic E-state index is 0.683. The predicted octanol–water partition coefficient (Wildman–Crippen LogP) is 2.59. The molecule has 1 aromatic rings. The molecule has 1 rings (SSSR count). The maximum Gasteiger partial charge on any atom is 0.124 e. The van der Waals surface area contributed by atoms with Crippen LogP contribution in [0, 0.1) is 20.8 Å². The molecule has 0 spiro atoms. The SMILES string of the molecule is CCOc1cc(N)c(C)c(C)c1C. The molecule has 2 heteroatoms. The number of hydrogen-bond donors (Lipinski definition) is 1. The van der Waals surface area contributed by atoms with E-state index in [1.807, 2.05) is 19.9 Å². The molecule has 2 N–H and O–H groups in total. The van der Waals surface area contributed by atoms with Gasteiger partial charge in [-0.05, 0) is 44.4 Å². The van der Waals surface area contributed by atoms with E-state index in [2.05, 4.69) is 13.8 Å². The molecule has 0 aliphatic heterocycles. The van der Waals surface area contributed by atoms with Crippen molar-refractivity contribution < 1.29 is 4.74 Å². The second-order valence-electron chi connectivity index (χ2n) is 3.27. The Hall–Kier alpha value is -1.18. The topological polar surface area (TPSA) is 35.2 Å². The summed E-state index contributed by atoms with van der Waals surface area (Å²) < 4.78 is 5.47. The van der Waals surface area contributed by atoms with Gasteiger partial charge in [0.2, 0.25) is 0 Å². The lowest BCUT2D eigenvalue weighted by molar-refractivity contribution is 0.338. The van der Waals surface area contributed by atoms with E-state index in [0.29, 0.717) is 6.61 Å². The minimum Gasteiger partial charge on any atom is -0.494 e. The molecule has 0 unspecified atom stereocenters. The molecule has 2 nitrogen and oxygen atoms in total. The highest BCUT2D eigenvalue weighted by molar-refractivity contribution is 5.58. The Bertz CT molecular complexity index is 318.